The van der Waals surface area contributed by atoms with E-state index in [4.69, 9.17) is 11.5 Å². The van der Waals surface area contributed by atoms with Gasteiger partial charge >= 0.3 is 5.97 Å². The van der Waals surface area contributed by atoms with E-state index in [9.17, 15) is 33.9 Å². The molecule has 286 valence electrons. The van der Waals surface area contributed by atoms with Crippen LogP contribution in [0.25, 0.3) is 0 Å². The molecule has 7 atom stereocenters. The first-order valence-corrected chi connectivity index (χ1v) is 18.0. The molecule has 52 heavy (non-hydrogen) atoms. The van der Waals surface area contributed by atoms with Gasteiger partial charge in [-0.2, -0.15) is 0 Å². The minimum atomic E-state index is -1.24. The Balaban J connectivity index is 2.34. The molecule has 0 aromatic heterocycles. The number of carboxylic acid groups (broad SMARTS) is 1. The van der Waals surface area contributed by atoms with E-state index >= 15 is 0 Å². The van der Waals surface area contributed by atoms with Gasteiger partial charge in [-0.3, -0.25) is 28.8 Å². The first-order valence-electron chi connectivity index (χ1n) is 18.0. The number of nitrogens with one attached hydrogen (secondary N) is 5. The predicted molar refractivity (Wildman–Crippen MR) is 198 cm³/mol. The molecule has 0 unspecified atom stereocenters. The second-order valence-electron chi connectivity index (χ2n) is 13.6. The standard InChI is InChI=1S/C38H57N7O7/c1-6-24(4)32(45-33(46)28(40)19-13-14-20-39)37(50)44-31(23(2)3)36(49)43-30(22-27-17-11-8-12-18-27)35(48)42-29(21-26-15-9-7-10-16-26)34(47)41-25(5)38(51)52/h7-12,15-18,23-25,28-32H,6,13-14,19-22,39-40H2,1-5H3,(H,41,47)(H,42,48)(H,43,49)(H,44,50)(H,45,46)(H,51,52)/t24-,25-,28-,29-,30-,31-,32-/m0/s1. The van der Waals surface area contributed by atoms with Crippen LogP contribution in [0.4, 0.5) is 0 Å². The van der Waals surface area contributed by atoms with Gasteiger partial charge in [0.1, 0.15) is 30.2 Å². The monoisotopic (exact) mass is 723 g/mol. The molecule has 5 amide bonds. The van der Waals surface area contributed by atoms with Crippen LogP contribution in [-0.4, -0.2) is 83.4 Å². The van der Waals surface area contributed by atoms with Crippen molar-refractivity contribution in [3.05, 3.63) is 71.8 Å². The largest absolute Gasteiger partial charge is 0.480 e. The lowest BCUT2D eigenvalue weighted by Crippen LogP contribution is -2.61. The number of hydrogen-bond donors (Lipinski definition) is 8. The van der Waals surface area contributed by atoms with E-state index in [1.165, 1.54) is 6.92 Å². The summed E-state index contributed by atoms with van der Waals surface area (Å²) < 4.78 is 0. The normalized spacial score (nSPS) is 15.2. The summed E-state index contributed by atoms with van der Waals surface area (Å²) in [6.45, 7) is 8.97. The Labute approximate surface area is 306 Å². The maximum atomic E-state index is 14.0. The summed E-state index contributed by atoms with van der Waals surface area (Å²) >= 11 is 0. The van der Waals surface area contributed by atoms with Crippen LogP contribution >= 0.6 is 0 Å². The Morgan fingerprint density at radius 1 is 0.635 bits per heavy atom. The van der Waals surface area contributed by atoms with Crippen LogP contribution in [-0.2, 0) is 41.6 Å². The fourth-order valence-electron chi connectivity index (χ4n) is 5.41. The van der Waals surface area contributed by atoms with Gasteiger partial charge in [0, 0.05) is 12.8 Å². The molecule has 2 rings (SSSR count). The number of aliphatic carboxylic acids is 1. The SMILES string of the molecule is CC[C@H](C)[C@H](NC(=O)[C@@H](N)CCCCN)C(=O)N[C@H](C(=O)N[C@@H](Cc1ccccc1)C(=O)N[C@@H](Cc1ccccc1)C(=O)N[C@@H](C)C(=O)O)C(C)C. The van der Waals surface area contributed by atoms with Gasteiger partial charge in [-0.05, 0) is 49.3 Å². The van der Waals surface area contributed by atoms with E-state index in [-0.39, 0.29) is 18.8 Å². The number of carboxylic acids is 1. The summed E-state index contributed by atoms with van der Waals surface area (Å²) in [7, 11) is 0. The smallest absolute Gasteiger partial charge is 0.325 e. The van der Waals surface area contributed by atoms with Crippen molar-refractivity contribution in [3.63, 3.8) is 0 Å². The molecular weight excluding hydrogens is 666 g/mol. The molecule has 0 saturated carbocycles. The third kappa shape index (κ3) is 14.4. The summed E-state index contributed by atoms with van der Waals surface area (Å²) in [6, 6.07) is 11.4. The summed E-state index contributed by atoms with van der Waals surface area (Å²) in [5.74, 6) is -5.03. The highest BCUT2D eigenvalue weighted by molar-refractivity contribution is 5.96. The highest BCUT2D eigenvalue weighted by atomic mass is 16.4. The van der Waals surface area contributed by atoms with Gasteiger partial charge in [-0.15, -0.1) is 0 Å². The van der Waals surface area contributed by atoms with Gasteiger partial charge in [0.05, 0.1) is 6.04 Å². The number of benzene rings is 2. The Bertz CT molecular complexity index is 1460. The second-order valence-corrected chi connectivity index (χ2v) is 13.6. The van der Waals surface area contributed by atoms with E-state index in [1.54, 1.807) is 68.4 Å². The van der Waals surface area contributed by atoms with Crippen LogP contribution in [0.5, 0.6) is 0 Å². The zero-order valence-corrected chi connectivity index (χ0v) is 30.9. The lowest BCUT2D eigenvalue weighted by atomic mass is 9.95. The van der Waals surface area contributed by atoms with E-state index in [0.29, 0.717) is 25.8 Å². The van der Waals surface area contributed by atoms with Crippen molar-refractivity contribution in [2.24, 2.45) is 23.3 Å². The van der Waals surface area contributed by atoms with Crippen LogP contribution in [0.15, 0.2) is 60.7 Å². The fourth-order valence-corrected chi connectivity index (χ4v) is 5.41. The van der Waals surface area contributed by atoms with Crippen LogP contribution in [0.2, 0.25) is 0 Å². The molecule has 14 nitrogen and oxygen atoms in total. The van der Waals surface area contributed by atoms with E-state index in [0.717, 1.165) is 17.5 Å². The minimum Gasteiger partial charge on any atom is -0.480 e. The molecule has 0 heterocycles. The fraction of sp³-hybridized carbons (Fsp3) is 0.526. The summed E-state index contributed by atoms with van der Waals surface area (Å²) in [6.07, 6.45) is 2.46. The molecule has 14 heteroatoms. The molecule has 0 aliphatic carbocycles. The summed E-state index contributed by atoms with van der Waals surface area (Å²) in [5.41, 5.74) is 13.1. The maximum Gasteiger partial charge on any atom is 0.325 e. The van der Waals surface area contributed by atoms with Crippen molar-refractivity contribution in [3.8, 4) is 0 Å². The number of nitrogens with two attached hydrogens (primary N) is 2. The molecule has 0 spiro atoms. The lowest BCUT2D eigenvalue weighted by molar-refractivity contribution is -0.141. The molecule has 0 aliphatic rings. The van der Waals surface area contributed by atoms with Crippen molar-refractivity contribution < 1.29 is 33.9 Å². The van der Waals surface area contributed by atoms with E-state index in [1.807, 2.05) is 19.9 Å². The van der Waals surface area contributed by atoms with Crippen LogP contribution < -0.4 is 38.1 Å². The van der Waals surface area contributed by atoms with Crippen molar-refractivity contribution in [1.82, 2.24) is 26.6 Å². The van der Waals surface area contributed by atoms with Gasteiger partial charge in [0.15, 0.2) is 0 Å². The number of amides is 5. The van der Waals surface area contributed by atoms with Crippen LogP contribution in [0.1, 0.15) is 71.4 Å². The minimum absolute atomic E-state index is 0.0516. The van der Waals surface area contributed by atoms with Crippen molar-refractivity contribution in [2.45, 2.75) is 109 Å². The lowest BCUT2D eigenvalue weighted by Gasteiger charge is -2.30. The molecule has 0 saturated heterocycles. The highest BCUT2D eigenvalue weighted by Crippen LogP contribution is 2.13. The van der Waals surface area contributed by atoms with Gasteiger partial charge < -0.3 is 43.2 Å². The molecule has 2 aromatic rings. The summed E-state index contributed by atoms with van der Waals surface area (Å²) in [5, 5.41) is 22.8. The highest BCUT2D eigenvalue weighted by Gasteiger charge is 2.35. The van der Waals surface area contributed by atoms with Crippen molar-refractivity contribution >= 4 is 35.5 Å². The van der Waals surface area contributed by atoms with Crippen LogP contribution in [0.3, 0.4) is 0 Å². The Morgan fingerprint density at radius 3 is 1.56 bits per heavy atom. The molecule has 0 bridgehead atoms. The van der Waals surface area contributed by atoms with Crippen molar-refractivity contribution in [2.75, 3.05) is 6.54 Å². The average Bonchev–Trinajstić information content (AvgIpc) is 3.12. The Kier molecular flexibility index (Phi) is 18.5. The van der Waals surface area contributed by atoms with Crippen molar-refractivity contribution in [1.29, 1.82) is 0 Å². The number of carbonyl (C=O) groups is 6. The topological polar surface area (TPSA) is 235 Å². The molecule has 2 aromatic carbocycles. The Morgan fingerprint density at radius 2 is 1.10 bits per heavy atom. The quantitative estimate of drug-likeness (QED) is 0.0813. The van der Waals surface area contributed by atoms with E-state index < -0.39 is 77.7 Å². The Hall–Kier alpha value is -4.82. The third-order valence-corrected chi connectivity index (χ3v) is 8.91. The predicted octanol–water partition coefficient (Wildman–Crippen LogP) is 1.16. The first kappa shape index (κ1) is 43.3. The van der Waals surface area contributed by atoms with Gasteiger partial charge in [0.2, 0.25) is 29.5 Å². The molecular formula is C38H57N7O7. The molecule has 0 radical (unpaired) electrons. The average molecular weight is 724 g/mol. The third-order valence-electron chi connectivity index (χ3n) is 8.91. The second kappa shape index (κ2) is 22.2. The zero-order valence-electron chi connectivity index (χ0n) is 30.9. The van der Waals surface area contributed by atoms with Gasteiger partial charge in [0.25, 0.3) is 0 Å². The molecule has 10 N–H and O–H groups in total. The van der Waals surface area contributed by atoms with Gasteiger partial charge in [-0.1, -0.05) is 101 Å². The van der Waals surface area contributed by atoms with Gasteiger partial charge in [-0.25, -0.2) is 0 Å². The maximum absolute atomic E-state index is 14.0. The number of rotatable bonds is 22. The number of hydrogen-bond acceptors (Lipinski definition) is 8. The molecule has 0 aliphatic heterocycles. The number of unbranched alkanes of at least 4 members (excludes halogenated alkanes) is 1. The van der Waals surface area contributed by atoms with Crippen LogP contribution in [0, 0.1) is 11.8 Å². The zero-order chi connectivity index (χ0) is 38.8. The first-order chi connectivity index (χ1) is 24.7. The molecule has 0 fully saturated rings. The number of carbonyl (C=O) groups excluding carboxylic acids is 5. The van der Waals surface area contributed by atoms with E-state index in [2.05, 4.69) is 26.6 Å². The summed E-state index contributed by atoms with van der Waals surface area (Å²) in [4.78, 5) is 79.3.